The second-order valence-electron chi connectivity index (χ2n) is 16.8. The first-order valence-corrected chi connectivity index (χ1v) is 21.3. The highest BCUT2D eigenvalue weighted by molar-refractivity contribution is 6.10. The van der Waals surface area contributed by atoms with E-state index in [1.165, 1.54) is 22.3 Å². The van der Waals surface area contributed by atoms with Gasteiger partial charge in [-0.1, -0.05) is 182 Å². The molecule has 286 valence electrons. The number of benzene rings is 9. The van der Waals surface area contributed by atoms with Crippen LogP contribution in [0.5, 0.6) is 0 Å². The van der Waals surface area contributed by atoms with Gasteiger partial charge in [0.1, 0.15) is 0 Å². The predicted molar refractivity (Wildman–Crippen MR) is 249 cm³/mol. The minimum Gasteiger partial charge on any atom is -0.309 e. The van der Waals surface area contributed by atoms with Crippen molar-refractivity contribution in [3.8, 4) is 51.2 Å². The molecule has 10 aromatic rings. The average Bonchev–Trinajstić information content (AvgIpc) is 4.06. The number of hydrogen-bond acceptors (Lipinski definition) is 2. The summed E-state index contributed by atoms with van der Waals surface area (Å²) in [5.74, 6) is -0.970. The summed E-state index contributed by atoms with van der Waals surface area (Å²) in [5, 5.41) is 26.6. The third kappa shape index (κ3) is 4.52. The van der Waals surface area contributed by atoms with Crippen molar-refractivity contribution in [1.82, 2.24) is 4.57 Å². The van der Waals surface area contributed by atoms with Crippen molar-refractivity contribution in [2.24, 2.45) is 0 Å². The molecule has 0 atom stereocenters. The Labute approximate surface area is 359 Å². The molecule has 3 aliphatic carbocycles. The van der Waals surface area contributed by atoms with Gasteiger partial charge >= 0.3 is 0 Å². The zero-order valence-corrected chi connectivity index (χ0v) is 33.5. The minimum atomic E-state index is -0.352. The number of nitriles is 2. The second-order valence-corrected chi connectivity index (χ2v) is 16.8. The molecule has 0 amide bonds. The van der Waals surface area contributed by atoms with E-state index in [-0.39, 0.29) is 17.8 Å². The van der Waals surface area contributed by atoms with E-state index in [4.69, 9.17) is 0 Å². The first kappa shape index (κ1) is 34.6. The van der Waals surface area contributed by atoms with Crippen LogP contribution in [0.1, 0.15) is 79.0 Å². The number of fused-ring (bicyclic) bond motifs is 12. The zero-order valence-electron chi connectivity index (χ0n) is 33.5. The van der Waals surface area contributed by atoms with Gasteiger partial charge in [-0.05, 0) is 78.9 Å². The average molecular weight is 786 g/mol. The molecule has 0 saturated carbocycles. The summed E-state index contributed by atoms with van der Waals surface area (Å²) in [4.78, 5) is 0. The lowest BCUT2D eigenvalue weighted by Gasteiger charge is -2.32. The van der Waals surface area contributed by atoms with Crippen LogP contribution in [0.25, 0.3) is 60.9 Å². The molecule has 0 bridgehead atoms. The fourth-order valence-corrected chi connectivity index (χ4v) is 11.7. The molecule has 13 rings (SSSR count). The Bertz CT molecular complexity index is 3320. The van der Waals surface area contributed by atoms with E-state index in [0.29, 0.717) is 11.1 Å². The standard InChI is InChI=1S/C59H35N3/c60-33-49-56(53-43-25-7-1-17-35(43)36-18-2-8-26-44(36)53)50(34-61)58(55-47-29-11-5-21-39(47)40-22-6-12-30-48(40)55)59(62-51-31-15-13-23-41(51)42-24-14-16-32-52(42)62)57(49)54-45-27-9-3-19-37(45)38-20-4-10-28-46(38)54/h1-32,53-55H. The largest absolute Gasteiger partial charge is 0.309 e. The van der Waals surface area contributed by atoms with E-state index in [0.717, 1.165) is 88.7 Å². The summed E-state index contributed by atoms with van der Waals surface area (Å²) in [5.41, 5.74) is 20.6. The van der Waals surface area contributed by atoms with E-state index in [9.17, 15) is 10.5 Å². The Kier molecular flexibility index (Phi) is 7.33. The Morgan fingerprint density at radius 1 is 0.306 bits per heavy atom. The Hall–Kier alpha value is -8.24. The van der Waals surface area contributed by atoms with Gasteiger partial charge in [0.05, 0.1) is 40.0 Å². The van der Waals surface area contributed by atoms with Crippen LogP contribution in [-0.2, 0) is 0 Å². The summed E-state index contributed by atoms with van der Waals surface area (Å²) < 4.78 is 2.41. The third-order valence-electron chi connectivity index (χ3n) is 14.0. The molecular weight excluding hydrogens is 751 g/mol. The van der Waals surface area contributed by atoms with Crippen LogP contribution in [0.3, 0.4) is 0 Å². The second kappa shape index (κ2) is 13.1. The highest BCUT2D eigenvalue weighted by Gasteiger charge is 2.44. The molecule has 1 heterocycles. The lowest BCUT2D eigenvalue weighted by molar-refractivity contribution is 0.893. The number of aromatic nitrogens is 1. The molecule has 62 heavy (non-hydrogen) atoms. The van der Waals surface area contributed by atoms with E-state index in [1.807, 2.05) is 0 Å². The maximum atomic E-state index is 12.2. The van der Waals surface area contributed by atoms with Crippen LogP contribution < -0.4 is 0 Å². The van der Waals surface area contributed by atoms with E-state index in [1.54, 1.807) is 0 Å². The highest BCUT2D eigenvalue weighted by Crippen LogP contribution is 2.59. The van der Waals surface area contributed by atoms with Crippen molar-refractivity contribution in [1.29, 1.82) is 10.5 Å². The van der Waals surface area contributed by atoms with Crippen molar-refractivity contribution in [2.75, 3.05) is 0 Å². The maximum absolute atomic E-state index is 12.2. The molecule has 0 radical (unpaired) electrons. The summed E-state index contributed by atoms with van der Waals surface area (Å²) in [7, 11) is 0. The van der Waals surface area contributed by atoms with Gasteiger partial charge in [-0.25, -0.2) is 0 Å². The monoisotopic (exact) mass is 785 g/mol. The third-order valence-corrected chi connectivity index (χ3v) is 14.0. The molecule has 1 aromatic heterocycles. The molecule has 3 heteroatoms. The van der Waals surface area contributed by atoms with Crippen molar-refractivity contribution >= 4 is 21.8 Å². The number of nitrogens with zero attached hydrogens (tertiary/aromatic N) is 3. The van der Waals surface area contributed by atoms with Crippen LogP contribution in [-0.4, -0.2) is 4.57 Å². The van der Waals surface area contributed by atoms with Crippen LogP contribution in [0.4, 0.5) is 0 Å². The van der Waals surface area contributed by atoms with Gasteiger partial charge in [-0.2, -0.15) is 10.5 Å². The smallest absolute Gasteiger partial charge is 0.0999 e. The molecule has 0 aliphatic heterocycles. The Balaban J connectivity index is 1.31. The summed E-state index contributed by atoms with van der Waals surface area (Å²) >= 11 is 0. The van der Waals surface area contributed by atoms with Crippen molar-refractivity contribution in [3.05, 3.63) is 255 Å². The SMILES string of the molecule is N#Cc1c(C2c3ccccc3-c3ccccc32)c(C#N)c(C2c3ccccc3-c3ccccc32)c(-n2c3ccccc3c3ccccc32)c1C1c2ccccc2-c2ccccc21. The fraction of sp³-hybridized carbons (Fsp3) is 0.0508. The van der Waals surface area contributed by atoms with Crippen molar-refractivity contribution in [2.45, 2.75) is 17.8 Å². The fourth-order valence-electron chi connectivity index (χ4n) is 11.7. The van der Waals surface area contributed by atoms with Gasteiger partial charge in [0.25, 0.3) is 0 Å². The predicted octanol–water partition coefficient (Wildman–Crippen LogP) is 14.0. The quantitative estimate of drug-likeness (QED) is 0.178. The molecule has 0 N–H and O–H groups in total. The summed E-state index contributed by atoms with van der Waals surface area (Å²) in [6, 6.07) is 75.0. The minimum absolute atomic E-state index is 0.309. The van der Waals surface area contributed by atoms with Crippen LogP contribution in [0.15, 0.2) is 194 Å². The molecule has 0 unspecified atom stereocenters. The summed E-state index contributed by atoms with van der Waals surface area (Å²) in [6.07, 6.45) is 0. The van der Waals surface area contributed by atoms with E-state index in [2.05, 4.69) is 211 Å². The highest BCUT2D eigenvalue weighted by atomic mass is 15.0. The lowest BCUT2D eigenvalue weighted by atomic mass is 9.72. The van der Waals surface area contributed by atoms with Gasteiger partial charge in [0.2, 0.25) is 0 Å². The molecule has 0 fully saturated rings. The first-order chi connectivity index (χ1) is 30.8. The lowest BCUT2D eigenvalue weighted by Crippen LogP contribution is -2.20. The topological polar surface area (TPSA) is 52.5 Å². The first-order valence-electron chi connectivity index (χ1n) is 21.3. The van der Waals surface area contributed by atoms with Gasteiger partial charge in [-0.15, -0.1) is 0 Å². The van der Waals surface area contributed by atoms with Gasteiger partial charge in [0, 0.05) is 45.2 Å². The zero-order chi connectivity index (χ0) is 41.1. The Morgan fingerprint density at radius 3 is 0.871 bits per heavy atom. The molecule has 9 aromatic carbocycles. The van der Waals surface area contributed by atoms with E-state index >= 15 is 0 Å². The summed E-state index contributed by atoms with van der Waals surface area (Å²) in [6.45, 7) is 0. The van der Waals surface area contributed by atoms with Gasteiger partial charge < -0.3 is 4.57 Å². The van der Waals surface area contributed by atoms with Gasteiger partial charge in [-0.3, -0.25) is 0 Å². The van der Waals surface area contributed by atoms with Crippen molar-refractivity contribution < 1.29 is 0 Å². The molecule has 0 spiro atoms. The molecular formula is C59H35N3. The number of rotatable bonds is 4. The number of para-hydroxylation sites is 2. The molecule has 3 nitrogen and oxygen atoms in total. The molecule has 3 aliphatic rings. The van der Waals surface area contributed by atoms with Crippen LogP contribution >= 0.6 is 0 Å². The number of hydrogen-bond donors (Lipinski definition) is 0. The van der Waals surface area contributed by atoms with Gasteiger partial charge in [0.15, 0.2) is 0 Å². The maximum Gasteiger partial charge on any atom is 0.0999 e. The van der Waals surface area contributed by atoms with E-state index < -0.39 is 0 Å². The normalized spacial score (nSPS) is 13.6. The molecule has 0 saturated heterocycles. The van der Waals surface area contributed by atoms with Crippen LogP contribution in [0, 0.1) is 22.7 Å². The Morgan fingerprint density at radius 2 is 0.565 bits per heavy atom. The van der Waals surface area contributed by atoms with Crippen LogP contribution in [0.2, 0.25) is 0 Å². The van der Waals surface area contributed by atoms with Crippen molar-refractivity contribution in [3.63, 3.8) is 0 Å².